The summed E-state index contributed by atoms with van der Waals surface area (Å²) < 4.78 is 37.1. The van der Waals surface area contributed by atoms with Crippen LogP contribution in [0.15, 0.2) is 24.3 Å². The fourth-order valence-electron chi connectivity index (χ4n) is 1.33. The summed E-state index contributed by atoms with van der Waals surface area (Å²) in [6, 6.07) is 4.68. The van der Waals surface area contributed by atoms with Crippen molar-refractivity contribution in [3.8, 4) is 5.75 Å². The number of fused-ring (bicyclic) bond motifs is 1. The molecule has 1 N–H and O–H groups in total. The summed E-state index contributed by atoms with van der Waals surface area (Å²) in [6.07, 6.45) is -4.58. The highest BCUT2D eigenvalue weighted by atomic mass is 35.5. The predicted octanol–water partition coefficient (Wildman–Crippen LogP) is 3.61. The quantitative estimate of drug-likeness (QED) is 0.771. The van der Waals surface area contributed by atoms with Gasteiger partial charge in [-0.05, 0) is 18.2 Å². The molecule has 2 rings (SSSR count). The third-order valence-electron chi connectivity index (χ3n) is 2.04. The van der Waals surface area contributed by atoms with Gasteiger partial charge in [-0.2, -0.15) is 13.2 Å². The maximum Gasteiger partial charge on any atom is 0.433 e. The van der Waals surface area contributed by atoms with Crippen LogP contribution in [0.25, 0.3) is 10.9 Å². The van der Waals surface area contributed by atoms with Gasteiger partial charge in [-0.3, -0.25) is 0 Å². The van der Waals surface area contributed by atoms with Crippen LogP contribution in [0.2, 0.25) is 5.02 Å². The number of nitrogens with zero attached hydrogens (tertiary/aromatic N) is 1. The van der Waals surface area contributed by atoms with E-state index in [4.69, 9.17) is 11.6 Å². The van der Waals surface area contributed by atoms with Gasteiger partial charge in [-0.15, -0.1) is 0 Å². The summed E-state index contributed by atoms with van der Waals surface area (Å²) in [7, 11) is 0. The van der Waals surface area contributed by atoms with E-state index < -0.39 is 17.6 Å². The molecule has 1 aromatic carbocycles. The second kappa shape index (κ2) is 3.52. The molecule has 1 aromatic heterocycles. The van der Waals surface area contributed by atoms with Gasteiger partial charge in [-0.1, -0.05) is 11.6 Å². The maximum absolute atomic E-state index is 12.4. The van der Waals surface area contributed by atoms with Crippen molar-refractivity contribution in [3.05, 3.63) is 35.0 Å². The zero-order valence-electron chi connectivity index (χ0n) is 7.72. The number of pyridine rings is 1. The van der Waals surface area contributed by atoms with E-state index in [9.17, 15) is 18.3 Å². The standard InChI is InChI=1S/C10H5ClF3NO/c11-5-1-2-7-6(3-5)8(16)4-9(15-7)10(12,13)14/h1-4H,(H,15,16). The zero-order chi connectivity index (χ0) is 11.9. The highest BCUT2D eigenvalue weighted by Crippen LogP contribution is 2.34. The van der Waals surface area contributed by atoms with E-state index in [0.717, 1.165) is 0 Å². The lowest BCUT2D eigenvalue weighted by atomic mass is 10.2. The van der Waals surface area contributed by atoms with Gasteiger partial charge in [-0.25, -0.2) is 4.98 Å². The molecule has 2 nitrogen and oxygen atoms in total. The van der Waals surface area contributed by atoms with Crippen molar-refractivity contribution in [1.29, 1.82) is 0 Å². The molecule has 16 heavy (non-hydrogen) atoms. The number of hydrogen-bond donors (Lipinski definition) is 1. The Bertz CT molecular complexity index is 553. The Morgan fingerprint density at radius 3 is 2.50 bits per heavy atom. The molecule has 0 fully saturated rings. The van der Waals surface area contributed by atoms with Crippen LogP contribution in [-0.4, -0.2) is 10.1 Å². The van der Waals surface area contributed by atoms with Gasteiger partial charge in [0.25, 0.3) is 0 Å². The van der Waals surface area contributed by atoms with Gasteiger partial charge >= 0.3 is 6.18 Å². The van der Waals surface area contributed by atoms with Crippen LogP contribution in [0, 0.1) is 0 Å². The molecule has 6 heteroatoms. The summed E-state index contributed by atoms with van der Waals surface area (Å²) in [5.41, 5.74) is -1.07. The van der Waals surface area contributed by atoms with Crippen molar-refractivity contribution in [2.24, 2.45) is 0 Å². The third-order valence-corrected chi connectivity index (χ3v) is 2.27. The van der Waals surface area contributed by atoms with Gasteiger partial charge in [0.2, 0.25) is 0 Å². The molecule has 1 heterocycles. The monoisotopic (exact) mass is 247 g/mol. The minimum atomic E-state index is -4.58. The highest BCUT2D eigenvalue weighted by Gasteiger charge is 2.33. The van der Waals surface area contributed by atoms with Crippen molar-refractivity contribution in [1.82, 2.24) is 4.98 Å². The number of alkyl halides is 3. The molecule has 0 bridgehead atoms. The molecular formula is C10H5ClF3NO. The summed E-state index contributed by atoms with van der Waals surface area (Å²) in [4.78, 5) is 3.40. The summed E-state index contributed by atoms with van der Waals surface area (Å²) in [5, 5.41) is 9.96. The van der Waals surface area contributed by atoms with Crippen LogP contribution in [-0.2, 0) is 6.18 Å². The van der Waals surface area contributed by atoms with Crippen LogP contribution in [0.3, 0.4) is 0 Å². The van der Waals surface area contributed by atoms with Gasteiger partial charge in [0.1, 0.15) is 11.4 Å². The molecule has 0 saturated heterocycles. The van der Waals surface area contributed by atoms with E-state index in [2.05, 4.69) is 4.98 Å². The Labute approximate surface area is 93.3 Å². The summed E-state index contributed by atoms with van der Waals surface area (Å²) in [5.74, 6) is -0.486. The normalized spacial score (nSPS) is 12.0. The third kappa shape index (κ3) is 1.90. The molecular weight excluding hydrogens is 243 g/mol. The van der Waals surface area contributed by atoms with E-state index in [1.165, 1.54) is 18.2 Å². The lowest BCUT2D eigenvalue weighted by molar-refractivity contribution is -0.141. The van der Waals surface area contributed by atoms with Crippen LogP contribution >= 0.6 is 11.6 Å². The molecule has 0 unspecified atom stereocenters. The average molecular weight is 248 g/mol. The van der Waals surface area contributed by atoms with Crippen molar-refractivity contribution >= 4 is 22.5 Å². The Morgan fingerprint density at radius 2 is 1.88 bits per heavy atom. The largest absolute Gasteiger partial charge is 0.507 e. The average Bonchev–Trinajstić information content (AvgIpc) is 2.17. The van der Waals surface area contributed by atoms with E-state index in [1.807, 2.05) is 0 Å². The first-order valence-electron chi connectivity index (χ1n) is 4.24. The van der Waals surface area contributed by atoms with E-state index >= 15 is 0 Å². The van der Waals surface area contributed by atoms with Crippen LogP contribution in [0.1, 0.15) is 5.69 Å². The minimum absolute atomic E-state index is 0.0525. The molecule has 0 spiro atoms. The zero-order valence-corrected chi connectivity index (χ0v) is 8.47. The Morgan fingerprint density at radius 1 is 1.19 bits per heavy atom. The molecule has 84 valence electrons. The van der Waals surface area contributed by atoms with Gasteiger partial charge < -0.3 is 5.11 Å². The second-order valence-electron chi connectivity index (χ2n) is 3.19. The molecule has 0 aliphatic heterocycles. The van der Waals surface area contributed by atoms with E-state index in [1.54, 1.807) is 0 Å². The SMILES string of the molecule is Oc1cc(C(F)(F)F)nc2ccc(Cl)cc12. The first kappa shape index (κ1) is 11.0. The lowest BCUT2D eigenvalue weighted by Gasteiger charge is -2.08. The highest BCUT2D eigenvalue weighted by molar-refractivity contribution is 6.31. The molecule has 0 amide bonds. The Kier molecular flexibility index (Phi) is 2.42. The van der Waals surface area contributed by atoms with Crippen LogP contribution in [0.5, 0.6) is 5.75 Å². The van der Waals surface area contributed by atoms with Crippen molar-refractivity contribution in [2.75, 3.05) is 0 Å². The fourth-order valence-corrected chi connectivity index (χ4v) is 1.50. The molecule has 0 radical (unpaired) electrons. The number of halogens is 4. The second-order valence-corrected chi connectivity index (χ2v) is 3.62. The van der Waals surface area contributed by atoms with Crippen molar-refractivity contribution in [3.63, 3.8) is 0 Å². The van der Waals surface area contributed by atoms with Crippen LogP contribution in [0.4, 0.5) is 13.2 Å². The Hall–Kier alpha value is -1.49. The van der Waals surface area contributed by atoms with Gasteiger partial charge in [0.15, 0.2) is 0 Å². The summed E-state index contributed by atoms with van der Waals surface area (Å²) >= 11 is 5.66. The molecule has 0 saturated carbocycles. The number of benzene rings is 1. The van der Waals surface area contributed by atoms with Gasteiger partial charge in [0, 0.05) is 16.5 Å². The number of rotatable bonds is 0. The van der Waals surface area contributed by atoms with Crippen molar-refractivity contribution in [2.45, 2.75) is 6.18 Å². The maximum atomic E-state index is 12.4. The van der Waals surface area contributed by atoms with E-state index in [0.29, 0.717) is 11.1 Å². The van der Waals surface area contributed by atoms with Gasteiger partial charge in [0.05, 0.1) is 5.52 Å². The molecule has 0 atom stereocenters. The molecule has 0 aliphatic carbocycles. The topological polar surface area (TPSA) is 33.1 Å². The number of aromatic nitrogens is 1. The summed E-state index contributed by atoms with van der Waals surface area (Å²) in [6.45, 7) is 0. The number of aromatic hydroxyl groups is 1. The molecule has 2 aromatic rings. The fraction of sp³-hybridized carbons (Fsp3) is 0.100. The number of hydrogen-bond acceptors (Lipinski definition) is 2. The predicted molar refractivity (Wildman–Crippen MR) is 53.4 cm³/mol. The van der Waals surface area contributed by atoms with Crippen molar-refractivity contribution < 1.29 is 18.3 Å². The molecule has 0 aliphatic rings. The first-order valence-corrected chi connectivity index (χ1v) is 4.62. The Balaban J connectivity index is 2.74. The minimum Gasteiger partial charge on any atom is -0.507 e. The van der Waals surface area contributed by atoms with E-state index in [-0.39, 0.29) is 10.9 Å². The first-order chi connectivity index (χ1) is 7.38. The lowest BCUT2D eigenvalue weighted by Crippen LogP contribution is -2.07. The smallest absolute Gasteiger partial charge is 0.433 e. The van der Waals surface area contributed by atoms with Crippen LogP contribution < -0.4 is 0 Å².